The second-order valence-corrected chi connectivity index (χ2v) is 9.44. The summed E-state index contributed by atoms with van der Waals surface area (Å²) in [5.41, 5.74) is 3.38. The van der Waals surface area contributed by atoms with Crippen LogP contribution in [0.15, 0.2) is 60.8 Å². The number of aromatic nitrogens is 4. The van der Waals surface area contributed by atoms with Crippen LogP contribution in [0, 0.1) is 18.8 Å². The molecule has 3 heterocycles. The van der Waals surface area contributed by atoms with E-state index in [9.17, 15) is 9.59 Å². The van der Waals surface area contributed by atoms with Gasteiger partial charge in [0.15, 0.2) is 5.69 Å². The molecule has 2 unspecified atom stereocenters. The first-order valence-corrected chi connectivity index (χ1v) is 11.9. The van der Waals surface area contributed by atoms with Crippen molar-refractivity contribution in [3.05, 3.63) is 77.7 Å². The summed E-state index contributed by atoms with van der Waals surface area (Å²) in [5, 5.41) is 12.2. The van der Waals surface area contributed by atoms with Gasteiger partial charge in [0.05, 0.1) is 28.1 Å². The van der Waals surface area contributed by atoms with Crippen LogP contribution in [0.3, 0.4) is 0 Å². The van der Waals surface area contributed by atoms with E-state index in [1.807, 2.05) is 41.3 Å². The average molecular weight is 469 g/mol. The van der Waals surface area contributed by atoms with Crippen LogP contribution in [0.4, 0.5) is 5.69 Å². The van der Waals surface area contributed by atoms with E-state index in [0.717, 1.165) is 36.1 Å². The van der Waals surface area contributed by atoms with Crippen molar-refractivity contribution >= 4 is 28.4 Å². The minimum atomic E-state index is -0.409. The minimum Gasteiger partial charge on any atom is -0.338 e. The van der Waals surface area contributed by atoms with Gasteiger partial charge in [-0.15, -0.1) is 5.10 Å². The second-order valence-electron chi connectivity index (χ2n) is 9.44. The number of pyridine rings is 1. The van der Waals surface area contributed by atoms with Crippen molar-refractivity contribution in [2.45, 2.75) is 27.2 Å². The molecule has 0 saturated carbocycles. The highest BCUT2D eigenvalue weighted by Gasteiger charge is 2.28. The molecule has 1 aliphatic heterocycles. The van der Waals surface area contributed by atoms with E-state index in [2.05, 4.69) is 34.5 Å². The smallest absolute Gasteiger partial charge is 0.278 e. The lowest BCUT2D eigenvalue weighted by molar-refractivity contribution is 0.0624. The number of anilines is 1. The molecular formula is C27H28N6O2. The SMILES string of the molecule is Cc1c(C(=O)Nc2ccccc2C(=O)N2CC(C)CC(C)C2)nnn1-c1cccc2ncccc12. The number of carbonyl (C=O) groups excluding carboxylic acids is 2. The molecule has 1 aliphatic rings. The summed E-state index contributed by atoms with van der Waals surface area (Å²) in [5.74, 6) is 0.425. The molecule has 0 radical (unpaired) electrons. The minimum absolute atomic E-state index is 0.0667. The number of hydrogen-bond donors (Lipinski definition) is 1. The zero-order chi connectivity index (χ0) is 24.5. The molecule has 1 N–H and O–H groups in total. The number of para-hydroxylation sites is 1. The average Bonchev–Trinajstić information content (AvgIpc) is 3.24. The maximum Gasteiger partial charge on any atom is 0.278 e. The Morgan fingerprint density at radius 3 is 2.54 bits per heavy atom. The van der Waals surface area contributed by atoms with E-state index in [0.29, 0.717) is 28.8 Å². The zero-order valence-electron chi connectivity index (χ0n) is 20.1. The highest BCUT2D eigenvalue weighted by molar-refractivity contribution is 6.08. The molecule has 1 fully saturated rings. The van der Waals surface area contributed by atoms with Crippen molar-refractivity contribution in [3.8, 4) is 5.69 Å². The molecule has 2 aromatic carbocycles. The molecule has 8 nitrogen and oxygen atoms in total. The van der Waals surface area contributed by atoms with Gasteiger partial charge in [-0.3, -0.25) is 14.6 Å². The fraction of sp³-hybridized carbons (Fsp3) is 0.296. The molecule has 5 rings (SSSR count). The Morgan fingerprint density at radius 1 is 0.971 bits per heavy atom. The van der Waals surface area contributed by atoms with Gasteiger partial charge in [-0.05, 0) is 61.6 Å². The fourth-order valence-electron chi connectivity index (χ4n) is 5.00. The maximum atomic E-state index is 13.3. The number of likely N-dealkylation sites (tertiary alicyclic amines) is 1. The van der Waals surface area contributed by atoms with Gasteiger partial charge in [0.25, 0.3) is 11.8 Å². The number of rotatable bonds is 4. The Hall–Kier alpha value is -4.07. The first kappa shape index (κ1) is 22.7. The summed E-state index contributed by atoms with van der Waals surface area (Å²) in [6.07, 6.45) is 2.85. The predicted molar refractivity (Wildman–Crippen MR) is 135 cm³/mol. The van der Waals surface area contributed by atoms with Gasteiger partial charge in [0.2, 0.25) is 0 Å². The van der Waals surface area contributed by atoms with Gasteiger partial charge in [-0.25, -0.2) is 4.68 Å². The Bertz CT molecular complexity index is 1400. The molecule has 8 heteroatoms. The third kappa shape index (κ3) is 4.39. The Morgan fingerprint density at radius 2 is 1.74 bits per heavy atom. The summed E-state index contributed by atoms with van der Waals surface area (Å²) in [7, 11) is 0. The van der Waals surface area contributed by atoms with Crippen LogP contribution in [0.25, 0.3) is 16.6 Å². The van der Waals surface area contributed by atoms with Crippen LogP contribution in [0.1, 0.15) is 46.8 Å². The molecule has 2 amide bonds. The van der Waals surface area contributed by atoms with Gasteiger partial charge in [-0.2, -0.15) is 0 Å². The van der Waals surface area contributed by atoms with Crippen LogP contribution in [-0.4, -0.2) is 49.8 Å². The Kier molecular flexibility index (Phi) is 6.03. The second kappa shape index (κ2) is 9.29. The van der Waals surface area contributed by atoms with Crippen molar-refractivity contribution in [2.75, 3.05) is 18.4 Å². The highest BCUT2D eigenvalue weighted by Crippen LogP contribution is 2.26. The van der Waals surface area contributed by atoms with Crippen molar-refractivity contribution in [1.29, 1.82) is 0 Å². The lowest BCUT2D eigenvalue weighted by Gasteiger charge is -2.35. The normalized spacial score (nSPS) is 18.0. The summed E-state index contributed by atoms with van der Waals surface area (Å²) in [6, 6.07) is 16.7. The molecule has 2 atom stereocenters. The number of fused-ring (bicyclic) bond motifs is 1. The Balaban J connectivity index is 1.42. The molecule has 0 spiro atoms. The number of carbonyl (C=O) groups is 2. The summed E-state index contributed by atoms with van der Waals surface area (Å²) in [4.78, 5) is 32.9. The predicted octanol–water partition coefficient (Wildman–Crippen LogP) is 4.49. The van der Waals surface area contributed by atoms with Crippen molar-refractivity contribution in [1.82, 2.24) is 24.9 Å². The number of hydrogen-bond acceptors (Lipinski definition) is 5. The molecule has 1 saturated heterocycles. The van der Waals surface area contributed by atoms with Gasteiger partial charge >= 0.3 is 0 Å². The summed E-state index contributed by atoms with van der Waals surface area (Å²) < 4.78 is 1.65. The van der Waals surface area contributed by atoms with Crippen molar-refractivity contribution in [3.63, 3.8) is 0 Å². The molecular weight excluding hydrogens is 440 g/mol. The molecule has 2 aromatic heterocycles. The van der Waals surface area contributed by atoms with Crippen molar-refractivity contribution < 1.29 is 9.59 Å². The van der Waals surface area contributed by atoms with Crippen LogP contribution in [0.2, 0.25) is 0 Å². The van der Waals surface area contributed by atoms with E-state index in [1.54, 1.807) is 36.0 Å². The van der Waals surface area contributed by atoms with Gasteiger partial charge in [0.1, 0.15) is 0 Å². The van der Waals surface area contributed by atoms with Gasteiger partial charge in [-0.1, -0.05) is 37.3 Å². The summed E-state index contributed by atoms with van der Waals surface area (Å²) >= 11 is 0. The molecule has 0 bridgehead atoms. The molecule has 0 aliphatic carbocycles. The quantitative estimate of drug-likeness (QED) is 0.476. The molecule has 35 heavy (non-hydrogen) atoms. The van der Waals surface area contributed by atoms with Crippen LogP contribution in [-0.2, 0) is 0 Å². The number of nitrogens with one attached hydrogen (secondary N) is 1. The third-order valence-electron chi connectivity index (χ3n) is 6.52. The topological polar surface area (TPSA) is 93.0 Å². The molecule has 178 valence electrons. The standard InChI is InChI=1S/C27H28N6O2/c1-17-14-18(2)16-32(15-17)27(35)21-8-4-5-10-23(21)29-26(34)25-19(3)33(31-30-25)24-12-6-11-22-20(24)9-7-13-28-22/h4-13,17-18H,14-16H2,1-3H3,(H,29,34). The summed E-state index contributed by atoms with van der Waals surface area (Å²) in [6.45, 7) is 7.58. The lowest BCUT2D eigenvalue weighted by Crippen LogP contribution is -2.42. The van der Waals surface area contributed by atoms with Crippen LogP contribution < -0.4 is 5.32 Å². The number of benzene rings is 2. The van der Waals surface area contributed by atoms with Gasteiger partial charge < -0.3 is 10.2 Å². The van der Waals surface area contributed by atoms with E-state index in [-0.39, 0.29) is 11.6 Å². The highest BCUT2D eigenvalue weighted by atomic mass is 16.2. The van der Waals surface area contributed by atoms with E-state index < -0.39 is 5.91 Å². The van der Waals surface area contributed by atoms with Crippen LogP contribution >= 0.6 is 0 Å². The van der Waals surface area contributed by atoms with E-state index >= 15 is 0 Å². The lowest BCUT2D eigenvalue weighted by atomic mass is 9.91. The molecule has 4 aromatic rings. The fourth-order valence-corrected chi connectivity index (χ4v) is 5.00. The first-order chi connectivity index (χ1) is 16.9. The number of nitrogens with zero attached hydrogens (tertiary/aromatic N) is 5. The van der Waals surface area contributed by atoms with E-state index in [1.165, 1.54) is 0 Å². The number of amides is 2. The van der Waals surface area contributed by atoms with Crippen molar-refractivity contribution in [2.24, 2.45) is 11.8 Å². The van der Waals surface area contributed by atoms with Gasteiger partial charge in [0, 0.05) is 24.7 Å². The van der Waals surface area contributed by atoms with E-state index in [4.69, 9.17) is 0 Å². The van der Waals surface area contributed by atoms with Crippen LogP contribution in [0.5, 0.6) is 0 Å². The Labute approximate surface area is 204 Å². The third-order valence-corrected chi connectivity index (χ3v) is 6.52. The maximum absolute atomic E-state index is 13.3. The largest absolute Gasteiger partial charge is 0.338 e. The zero-order valence-corrected chi connectivity index (χ0v) is 20.1. The monoisotopic (exact) mass is 468 g/mol. The number of piperidine rings is 1. The first-order valence-electron chi connectivity index (χ1n) is 11.9.